The maximum absolute atomic E-state index is 14.8. The van der Waals surface area contributed by atoms with E-state index in [4.69, 9.17) is 23.1 Å². The third-order valence-corrected chi connectivity index (χ3v) is 13.0. The van der Waals surface area contributed by atoms with Crippen molar-refractivity contribution in [1.82, 2.24) is 10.6 Å². The third kappa shape index (κ3) is 20.2. The van der Waals surface area contributed by atoms with Gasteiger partial charge in [0.1, 0.15) is 47.1 Å². The second kappa shape index (κ2) is 31.0. The molecule has 8 rings (SSSR count). The molecule has 2 aliphatic rings. The zero-order valence-electron chi connectivity index (χ0n) is 44.0. The zero-order chi connectivity index (χ0) is 61.3. The topological polar surface area (TPSA) is 138 Å². The molecule has 0 saturated heterocycles. The highest BCUT2D eigenvalue weighted by atomic mass is 35.5. The van der Waals surface area contributed by atoms with Crippen LogP contribution < -0.4 is 31.6 Å². The van der Waals surface area contributed by atoms with Crippen molar-refractivity contribution in [2.75, 3.05) is 0 Å². The Morgan fingerprint density at radius 1 is 0.607 bits per heavy atom. The van der Waals surface area contributed by atoms with Crippen molar-refractivity contribution < 1.29 is 85.3 Å². The average Bonchev–Trinajstić information content (AvgIpc) is 3.41. The van der Waals surface area contributed by atoms with E-state index in [-0.39, 0.29) is 49.4 Å². The van der Waals surface area contributed by atoms with Crippen molar-refractivity contribution in [3.05, 3.63) is 215 Å². The molecular formula is C60H61ClF14N4O5. The quantitative estimate of drug-likeness (QED) is 0.0405. The molecule has 2 amide bonds. The lowest BCUT2D eigenvalue weighted by Crippen LogP contribution is -2.54. The van der Waals surface area contributed by atoms with Gasteiger partial charge in [0.05, 0.1) is 22.9 Å². The van der Waals surface area contributed by atoms with Gasteiger partial charge in [-0.1, -0.05) is 98.9 Å². The van der Waals surface area contributed by atoms with Gasteiger partial charge in [-0.2, -0.15) is 35.1 Å². The van der Waals surface area contributed by atoms with Gasteiger partial charge in [-0.25, -0.2) is 35.9 Å². The van der Waals surface area contributed by atoms with E-state index < -0.39 is 101 Å². The fourth-order valence-electron chi connectivity index (χ4n) is 8.94. The number of alkyl halides is 10. The summed E-state index contributed by atoms with van der Waals surface area (Å²) < 4.78 is 200. The van der Waals surface area contributed by atoms with Crippen LogP contribution in [-0.4, -0.2) is 61.0 Å². The van der Waals surface area contributed by atoms with Crippen LogP contribution in [0.4, 0.5) is 71.1 Å². The number of carbonyl (C=O) groups excluding carboxylic acids is 2. The minimum atomic E-state index is -4.92. The second-order valence-electron chi connectivity index (χ2n) is 19.3. The largest absolute Gasteiger partial charge is 0.461 e. The van der Waals surface area contributed by atoms with Crippen LogP contribution in [0.3, 0.4) is 0 Å². The Bertz CT molecular complexity index is 3030. The van der Waals surface area contributed by atoms with E-state index in [1.165, 1.54) is 24.3 Å². The number of benzene rings is 6. The monoisotopic (exact) mass is 1220 g/mol. The summed E-state index contributed by atoms with van der Waals surface area (Å²) in [6.07, 6.45) is -16.3. The molecule has 2 saturated carbocycles. The van der Waals surface area contributed by atoms with Crippen LogP contribution in [0.1, 0.15) is 86.3 Å². The molecule has 2 fully saturated rings. The average molecular weight is 1220 g/mol. The summed E-state index contributed by atoms with van der Waals surface area (Å²) in [5.41, 5.74) is 9.56. The lowest BCUT2D eigenvalue weighted by Gasteiger charge is -2.37. The third-order valence-electron chi connectivity index (χ3n) is 12.9. The maximum atomic E-state index is 14.8. The van der Waals surface area contributed by atoms with Gasteiger partial charge in [0, 0.05) is 36.2 Å². The van der Waals surface area contributed by atoms with E-state index in [9.17, 15) is 71.1 Å². The molecule has 0 aliphatic heterocycles. The van der Waals surface area contributed by atoms with Crippen LogP contribution in [0.2, 0.25) is 0 Å². The predicted octanol–water partition coefficient (Wildman–Crippen LogP) is 15.9. The number of hydrogen-bond acceptors (Lipinski definition) is 7. The van der Waals surface area contributed by atoms with Gasteiger partial charge in [0.25, 0.3) is 0 Å². The Morgan fingerprint density at radius 3 is 1.44 bits per heavy atom. The Kier molecular flexibility index (Phi) is 25.5. The summed E-state index contributed by atoms with van der Waals surface area (Å²) in [6, 6.07) is 30.3. The fourth-order valence-corrected chi connectivity index (χ4v) is 9.07. The van der Waals surface area contributed by atoms with Gasteiger partial charge in [-0.15, -0.1) is 0 Å². The number of allylic oxidation sites excluding steroid dienone is 1. The van der Waals surface area contributed by atoms with Gasteiger partial charge in [-0.05, 0) is 134 Å². The number of amides is 2. The first-order chi connectivity index (χ1) is 39.0. The molecule has 0 aromatic heterocycles. The summed E-state index contributed by atoms with van der Waals surface area (Å²) in [6.45, 7) is 4.81. The Morgan fingerprint density at radius 2 is 1.05 bits per heavy atom. The SMILES string of the molecule is C.C=C(C)OC(=O)Cl.N[C@@H]1CCC[C@@H]1F.N[C@](Cc1ccccc1)(c1ccc(F)cc1)c1cc(F)cc(OC(F)(F)C(F)F)c1.O=C(N[C@@H]1CCC[C@@H]1F)N[C@](Cc1ccccc1)(c1ccc(F)cc1)c1cc(F)cc(OC(F)(F)C(F)F)c1. The Labute approximate surface area is 481 Å². The summed E-state index contributed by atoms with van der Waals surface area (Å²) >= 11 is 4.75. The Balaban J connectivity index is 0.000000295. The highest BCUT2D eigenvalue weighted by Crippen LogP contribution is 2.39. The zero-order valence-corrected chi connectivity index (χ0v) is 44.8. The van der Waals surface area contributed by atoms with Crippen molar-refractivity contribution in [3.63, 3.8) is 0 Å². The number of urea groups is 1. The number of carbonyl (C=O) groups is 2. The summed E-state index contributed by atoms with van der Waals surface area (Å²) in [4.78, 5) is 23.0. The highest BCUT2D eigenvalue weighted by molar-refractivity contribution is 6.61. The minimum Gasteiger partial charge on any atom is -0.428 e. The molecule has 0 radical (unpaired) electrons. The lowest BCUT2D eigenvalue weighted by molar-refractivity contribution is -0.253. The van der Waals surface area contributed by atoms with Crippen LogP contribution in [0.5, 0.6) is 11.5 Å². The molecule has 6 aromatic carbocycles. The number of rotatable bonds is 17. The summed E-state index contributed by atoms with van der Waals surface area (Å²) in [5.74, 6) is -4.69. The van der Waals surface area contributed by atoms with Gasteiger partial charge in [0.2, 0.25) is 0 Å². The fraction of sp³-hybridized carbons (Fsp3) is 0.333. The molecule has 24 heteroatoms. The van der Waals surface area contributed by atoms with E-state index >= 15 is 0 Å². The molecule has 0 spiro atoms. The van der Waals surface area contributed by atoms with E-state index in [1.54, 1.807) is 67.6 Å². The molecule has 6 aromatic rings. The van der Waals surface area contributed by atoms with Crippen LogP contribution >= 0.6 is 11.6 Å². The van der Waals surface area contributed by atoms with Crippen molar-refractivity contribution in [2.24, 2.45) is 11.5 Å². The van der Waals surface area contributed by atoms with Crippen LogP contribution in [0.25, 0.3) is 0 Å². The van der Waals surface area contributed by atoms with Crippen LogP contribution in [0, 0.1) is 23.3 Å². The number of hydrogen-bond donors (Lipinski definition) is 4. The normalized spacial score (nSPS) is 17.9. The van der Waals surface area contributed by atoms with Crippen molar-refractivity contribution >= 4 is 23.1 Å². The van der Waals surface area contributed by atoms with Crippen LogP contribution in [0.15, 0.2) is 158 Å². The summed E-state index contributed by atoms with van der Waals surface area (Å²) in [7, 11) is 0. The first-order valence-electron chi connectivity index (χ1n) is 25.4. The molecule has 456 valence electrons. The molecule has 9 nitrogen and oxygen atoms in total. The predicted molar refractivity (Wildman–Crippen MR) is 290 cm³/mol. The van der Waals surface area contributed by atoms with Gasteiger partial charge in [0.15, 0.2) is 0 Å². The highest BCUT2D eigenvalue weighted by Gasteiger charge is 2.46. The van der Waals surface area contributed by atoms with E-state index in [1.807, 2.05) is 0 Å². The molecule has 0 heterocycles. The number of halogens is 15. The van der Waals surface area contributed by atoms with Crippen molar-refractivity contribution in [2.45, 2.75) is 126 Å². The van der Waals surface area contributed by atoms with E-state index in [2.05, 4.69) is 31.4 Å². The molecule has 84 heavy (non-hydrogen) atoms. The molecule has 2 aliphatic carbocycles. The smallest absolute Gasteiger partial charge is 0.428 e. The van der Waals surface area contributed by atoms with Gasteiger partial charge >= 0.3 is 36.5 Å². The number of nitrogens with one attached hydrogen (secondary N) is 2. The number of ether oxygens (including phenoxy) is 3. The lowest BCUT2D eigenvalue weighted by atomic mass is 9.77. The standard InChI is InChI=1S/C28H25F7N2O2.C22H17F6NO.C5H10FN.C4H5ClO2.CH4/c29-20-11-9-18(10-12-20)27(16-17-5-2-1-3-6-17,37-26(38)36-24-8-4-7-23(24)31)19-13-21(30)15-22(14-19)39-28(34,35)25(32)33;23-17-8-6-15(7-9-17)21(29,13-14-4-2-1-3-5-14)16-10-18(24)12-19(11-16)30-22(27,28)20(25)26;6-4-2-1-3-5(4)7;1-3(2)7-4(5)6;/h1-3,5-6,9-15,23-25H,4,7-8,16H2,(H2,36,37,38);1-12,20H,13,29H2;4-5H,1-3,7H2;1H2,2H3;1H4/t23-,24+,27+;21-;4-,5+;;/m010../s1. The van der Waals surface area contributed by atoms with Gasteiger partial charge < -0.3 is 36.3 Å². The van der Waals surface area contributed by atoms with E-state index in [0.29, 0.717) is 48.3 Å². The van der Waals surface area contributed by atoms with E-state index in [0.717, 1.165) is 66.9 Å². The molecule has 0 unspecified atom stereocenters. The molecular weight excluding hydrogens is 1160 g/mol. The molecule has 6 atom stereocenters. The minimum absolute atomic E-state index is 0. The molecule has 0 bridgehead atoms. The van der Waals surface area contributed by atoms with Crippen molar-refractivity contribution in [1.29, 1.82) is 0 Å². The molecule has 6 N–H and O–H groups in total. The van der Waals surface area contributed by atoms with Crippen LogP contribution in [-0.2, 0) is 28.7 Å². The maximum Gasteiger partial charge on any atom is 0.461 e. The first kappa shape index (κ1) is 69.1. The van der Waals surface area contributed by atoms with Gasteiger partial charge in [-0.3, -0.25) is 0 Å². The van der Waals surface area contributed by atoms with Crippen molar-refractivity contribution in [3.8, 4) is 11.5 Å². The first-order valence-corrected chi connectivity index (χ1v) is 25.8. The second-order valence-corrected chi connectivity index (χ2v) is 19.6. The Hall–Kier alpha value is -7.37. The number of nitrogens with two attached hydrogens (primary N) is 2. The summed E-state index contributed by atoms with van der Waals surface area (Å²) in [5, 5.41) is 5.28.